The second-order valence-electron chi connectivity index (χ2n) is 3.70. The van der Waals surface area contributed by atoms with Gasteiger partial charge in [-0.15, -0.1) is 0 Å². The predicted octanol–water partition coefficient (Wildman–Crippen LogP) is 1.46. The highest BCUT2D eigenvalue weighted by molar-refractivity contribution is 5.04. The van der Waals surface area contributed by atoms with Crippen molar-refractivity contribution in [2.45, 2.75) is 45.8 Å². The fourth-order valence-electron chi connectivity index (χ4n) is 1.62. The van der Waals surface area contributed by atoms with E-state index in [0.717, 1.165) is 25.0 Å². The number of nitrogens with one attached hydrogen (secondary N) is 1. The summed E-state index contributed by atoms with van der Waals surface area (Å²) in [5.41, 5.74) is 1.31. The molecule has 3 nitrogen and oxygen atoms in total. The van der Waals surface area contributed by atoms with E-state index in [1.807, 2.05) is 6.20 Å². The third-order valence-electron chi connectivity index (χ3n) is 2.60. The Morgan fingerprint density at radius 3 is 3.00 bits per heavy atom. The highest BCUT2D eigenvalue weighted by Gasteiger charge is 2.20. The Labute approximate surface area is 79.2 Å². The van der Waals surface area contributed by atoms with Gasteiger partial charge in [0, 0.05) is 25.3 Å². The Morgan fingerprint density at radius 1 is 1.62 bits per heavy atom. The molecule has 0 bridgehead atoms. The van der Waals surface area contributed by atoms with Gasteiger partial charge in [0.2, 0.25) is 0 Å². The molecule has 0 saturated heterocycles. The van der Waals surface area contributed by atoms with E-state index >= 15 is 0 Å². The van der Waals surface area contributed by atoms with E-state index in [2.05, 4.69) is 28.7 Å². The molecule has 0 amide bonds. The molecule has 3 heteroatoms. The van der Waals surface area contributed by atoms with Gasteiger partial charge in [0.15, 0.2) is 0 Å². The molecule has 0 unspecified atom stereocenters. The van der Waals surface area contributed by atoms with Crippen LogP contribution in [0.2, 0.25) is 0 Å². The molecule has 1 aliphatic rings. The van der Waals surface area contributed by atoms with Crippen molar-refractivity contribution >= 4 is 0 Å². The van der Waals surface area contributed by atoms with Crippen molar-refractivity contribution in [2.75, 3.05) is 0 Å². The third kappa shape index (κ3) is 1.91. The third-order valence-corrected chi connectivity index (χ3v) is 2.60. The van der Waals surface area contributed by atoms with E-state index in [1.165, 1.54) is 18.5 Å². The van der Waals surface area contributed by atoms with Crippen LogP contribution in [0.15, 0.2) is 6.20 Å². The first-order valence-electron chi connectivity index (χ1n) is 5.05. The number of hydrogen-bond acceptors (Lipinski definition) is 2. The average Bonchev–Trinajstić information content (AvgIpc) is 2.88. The minimum absolute atomic E-state index is 0.778. The van der Waals surface area contributed by atoms with Crippen molar-refractivity contribution in [3.8, 4) is 0 Å². The van der Waals surface area contributed by atoms with Crippen LogP contribution in [0.25, 0.3) is 0 Å². The fraction of sp³-hybridized carbons (Fsp3) is 0.700. The van der Waals surface area contributed by atoms with E-state index < -0.39 is 0 Å². The summed E-state index contributed by atoms with van der Waals surface area (Å²) in [4.78, 5) is 4.31. The van der Waals surface area contributed by atoms with Gasteiger partial charge in [0.25, 0.3) is 0 Å². The zero-order valence-corrected chi connectivity index (χ0v) is 8.38. The summed E-state index contributed by atoms with van der Waals surface area (Å²) in [6, 6.07) is 0.778. The van der Waals surface area contributed by atoms with Gasteiger partial charge in [-0.25, -0.2) is 4.98 Å². The number of imidazole rings is 1. The van der Waals surface area contributed by atoms with Crippen molar-refractivity contribution in [2.24, 2.45) is 0 Å². The van der Waals surface area contributed by atoms with Crippen molar-refractivity contribution < 1.29 is 0 Å². The maximum absolute atomic E-state index is 4.31. The summed E-state index contributed by atoms with van der Waals surface area (Å²) in [6.45, 7) is 6.21. The van der Waals surface area contributed by atoms with Crippen LogP contribution >= 0.6 is 0 Å². The minimum Gasteiger partial charge on any atom is -0.331 e. The molecule has 0 spiro atoms. The summed E-state index contributed by atoms with van der Waals surface area (Å²) < 4.78 is 2.26. The second kappa shape index (κ2) is 3.50. The molecule has 1 N–H and O–H groups in total. The molecular formula is C10H17N3. The number of nitrogens with zero attached hydrogens (tertiary/aromatic N) is 2. The van der Waals surface area contributed by atoms with Gasteiger partial charge in [-0.05, 0) is 26.7 Å². The Morgan fingerprint density at radius 2 is 2.38 bits per heavy atom. The van der Waals surface area contributed by atoms with Crippen LogP contribution in [-0.4, -0.2) is 15.6 Å². The number of hydrogen-bond donors (Lipinski definition) is 1. The summed E-state index contributed by atoms with van der Waals surface area (Å²) in [5.74, 6) is 1.12. The zero-order chi connectivity index (χ0) is 9.26. The molecule has 0 atom stereocenters. The summed E-state index contributed by atoms with van der Waals surface area (Å²) in [6.07, 6.45) is 4.67. The lowest BCUT2D eigenvalue weighted by Gasteiger charge is -2.07. The molecule has 0 aromatic carbocycles. The van der Waals surface area contributed by atoms with Gasteiger partial charge >= 0.3 is 0 Å². The van der Waals surface area contributed by atoms with Crippen LogP contribution < -0.4 is 5.32 Å². The number of aryl methyl sites for hydroxylation is 1. The van der Waals surface area contributed by atoms with Crippen LogP contribution in [0.5, 0.6) is 0 Å². The van der Waals surface area contributed by atoms with Gasteiger partial charge in [-0.2, -0.15) is 0 Å². The SMILES string of the molecule is CCn1c(CNC2CC2)cnc1C. The van der Waals surface area contributed by atoms with E-state index in [4.69, 9.17) is 0 Å². The molecule has 1 aromatic rings. The van der Waals surface area contributed by atoms with Crippen molar-refractivity contribution in [1.29, 1.82) is 0 Å². The Bertz CT molecular complexity index is 286. The molecule has 2 rings (SSSR count). The average molecular weight is 179 g/mol. The monoisotopic (exact) mass is 179 g/mol. The Kier molecular flexibility index (Phi) is 2.36. The first-order valence-corrected chi connectivity index (χ1v) is 5.05. The molecule has 1 fully saturated rings. The fourth-order valence-corrected chi connectivity index (χ4v) is 1.62. The normalized spacial score (nSPS) is 16.5. The smallest absolute Gasteiger partial charge is 0.105 e. The van der Waals surface area contributed by atoms with Crippen LogP contribution in [0.4, 0.5) is 0 Å². The van der Waals surface area contributed by atoms with Crippen LogP contribution in [0.3, 0.4) is 0 Å². The quantitative estimate of drug-likeness (QED) is 0.758. The molecule has 1 aliphatic carbocycles. The van der Waals surface area contributed by atoms with Crippen LogP contribution in [0, 0.1) is 6.92 Å². The molecular weight excluding hydrogens is 162 g/mol. The maximum atomic E-state index is 4.31. The minimum atomic E-state index is 0.778. The summed E-state index contributed by atoms with van der Waals surface area (Å²) >= 11 is 0. The molecule has 1 heterocycles. The van der Waals surface area contributed by atoms with Crippen LogP contribution in [-0.2, 0) is 13.1 Å². The largest absolute Gasteiger partial charge is 0.331 e. The van der Waals surface area contributed by atoms with Gasteiger partial charge < -0.3 is 9.88 Å². The molecule has 0 radical (unpaired) electrons. The lowest BCUT2D eigenvalue weighted by Crippen LogP contribution is -2.18. The highest BCUT2D eigenvalue weighted by atomic mass is 15.1. The zero-order valence-electron chi connectivity index (χ0n) is 8.38. The lowest BCUT2D eigenvalue weighted by molar-refractivity contribution is 0.617. The second-order valence-corrected chi connectivity index (χ2v) is 3.70. The predicted molar refractivity (Wildman–Crippen MR) is 52.5 cm³/mol. The molecule has 72 valence electrons. The van der Waals surface area contributed by atoms with Crippen molar-refractivity contribution in [3.63, 3.8) is 0 Å². The molecule has 1 aromatic heterocycles. The maximum Gasteiger partial charge on any atom is 0.105 e. The van der Waals surface area contributed by atoms with Crippen LogP contribution in [0.1, 0.15) is 31.3 Å². The topological polar surface area (TPSA) is 29.9 Å². The first-order chi connectivity index (χ1) is 6.31. The summed E-state index contributed by atoms with van der Waals surface area (Å²) in [7, 11) is 0. The van der Waals surface area contributed by atoms with Gasteiger partial charge in [0.1, 0.15) is 5.82 Å². The number of rotatable bonds is 4. The van der Waals surface area contributed by atoms with E-state index in [-0.39, 0.29) is 0 Å². The molecule has 0 aliphatic heterocycles. The van der Waals surface area contributed by atoms with Gasteiger partial charge in [0.05, 0.1) is 5.69 Å². The Hall–Kier alpha value is -0.830. The first kappa shape index (κ1) is 8.75. The molecule has 13 heavy (non-hydrogen) atoms. The lowest BCUT2D eigenvalue weighted by atomic mass is 10.4. The van der Waals surface area contributed by atoms with E-state index in [0.29, 0.717) is 0 Å². The highest BCUT2D eigenvalue weighted by Crippen LogP contribution is 2.19. The van der Waals surface area contributed by atoms with Crippen molar-refractivity contribution in [1.82, 2.24) is 14.9 Å². The standard InChI is InChI=1S/C10H17N3/c1-3-13-8(2)11-6-10(13)7-12-9-4-5-9/h6,9,12H,3-5,7H2,1-2H3. The van der Waals surface area contributed by atoms with Gasteiger partial charge in [-0.1, -0.05) is 0 Å². The number of aromatic nitrogens is 2. The van der Waals surface area contributed by atoms with E-state index in [1.54, 1.807) is 0 Å². The van der Waals surface area contributed by atoms with Gasteiger partial charge in [-0.3, -0.25) is 0 Å². The van der Waals surface area contributed by atoms with E-state index in [9.17, 15) is 0 Å². The van der Waals surface area contributed by atoms with Crippen molar-refractivity contribution in [3.05, 3.63) is 17.7 Å². The Balaban J connectivity index is 2.00. The molecule has 1 saturated carbocycles. The summed E-state index contributed by atoms with van der Waals surface area (Å²) in [5, 5.41) is 3.50.